The van der Waals surface area contributed by atoms with Crippen molar-refractivity contribution >= 4 is 5.91 Å². The number of carbonyl (C=O) groups excluding carboxylic acids is 1. The summed E-state index contributed by atoms with van der Waals surface area (Å²) < 4.78 is 17.2. The fourth-order valence-corrected chi connectivity index (χ4v) is 0.843. The zero-order chi connectivity index (χ0) is 10.4. The third-order valence-corrected chi connectivity index (χ3v) is 1.43. The molecule has 1 aromatic rings. The van der Waals surface area contributed by atoms with Gasteiger partial charge in [0.2, 0.25) is 0 Å². The van der Waals surface area contributed by atoms with Gasteiger partial charge in [-0.05, 0) is 18.2 Å². The van der Waals surface area contributed by atoms with Crippen molar-refractivity contribution in [3.63, 3.8) is 0 Å². The van der Waals surface area contributed by atoms with E-state index in [9.17, 15) is 9.18 Å². The number of hydrogen-bond acceptors (Lipinski definition) is 3. The van der Waals surface area contributed by atoms with E-state index >= 15 is 0 Å². The Labute approximate surface area is 80.6 Å². The van der Waals surface area contributed by atoms with Crippen LogP contribution in [-0.2, 0) is 9.57 Å². The highest BCUT2D eigenvalue weighted by Gasteiger charge is 2.05. The van der Waals surface area contributed by atoms with Gasteiger partial charge < -0.3 is 4.74 Å². The van der Waals surface area contributed by atoms with Gasteiger partial charge in [0.05, 0.1) is 0 Å². The van der Waals surface area contributed by atoms with Crippen LogP contribution >= 0.6 is 0 Å². The first-order chi connectivity index (χ1) is 6.74. The normalized spacial score (nSPS) is 9.86. The van der Waals surface area contributed by atoms with E-state index in [2.05, 4.69) is 15.1 Å². The molecule has 0 spiro atoms. The highest BCUT2D eigenvalue weighted by molar-refractivity contribution is 5.93. The number of hydroxylamine groups is 1. The van der Waals surface area contributed by atoms with E-state index in [0.717, 1.165) is 6.07 Å². The van der Waals surface area contributed by atoms with Gasteiger partial charge in [-0.1, -0.05) is 6.07 Å². The van der Waals surface area contributed by atoms with E-state index in [1.54, 1.807) is 0 Å². The van der Waals surface area contributed by atoms with Crippen LogP contribution in [-0.4, -0.2) is 19.8 Å². The molecular weight excluding hydrogens is 189 g/mol. The lowest BCUT2D eigenvalue weighted by molar-refractivity contribution is -0.0704. The van der Waals surface area contributed by atoms with Gasteiger partial charge in [-0.15, -0.1) is 0 Å². The number of amides is 1. The standard InChI is InChI=1S/C9H10FNO3/c1-13-6-14-11-9(12)7-3-2-4-8(10)5-7/h2-5H,6H2,1H3,(H,11,12). The Hall–Kier alpha value is -1.46. The predicted molar refractivity (Wildman–Crippen MR) is 46.8 cm³/mol. The van der Waals surface area contributed by atoms with Crippen LogP contribution in [0.2, 0.25) is 0 Å². The van der Waals surface area contributed by atoms with E-state index in [1.165, 1.54) is 25.3 Å². The molecule has 0 aliphatic heterocycles. The molecule has 4 nitrogen and oxygen atoms in total. The first-order valence-corrected chi connectivity index (χ1v) is 3.90. The molecular formula is C9H10FNO3. The fraction of sp³-hybridized carbons (Fsp3) is 0.222. The molecule has 0 fully saturated rings. The summed E-state index contributed by atoms with van der Waals surface area (Å²) in [7, 11) is 1.42. The van der Waals surface area contributed by atoms with E-state index in [-0.39, 0.29) is 12.4 Å². The van der Waals surface area contributed by atoms with Crippen LogP contribution in [0.3, 0.4) is 0 Å². The molecule has 0 saturated carbocycles. The molecule has 0 saturated heterocycles. The molecule has 1 N–H and O–H groups in total. The molecule has 0 heterocycles. The fourth-order valence-electron chi connectivity index (χ4n) is 0.843. The number of halogens is 1. The largest absolute Gasteiger partial charge is 0.356 e. The summed E-state index contributed by atoms with van der Waals surface area (Å²) in [6.07, 6.45) is 0. The molecule has 5 heteroatoms. The monoisotopic (exact) mass is 199 g/mol. The smallest absolute Gasteiger partial charge is 0.275 e. The second kappa shape index (κ2) is 5.31. The second-order valence-electron chi connectivity index (χ2n) is 2.49. The van der Waals surface area contributed by atoms with Crippen molar-refractivity contribution < 1.29 is 18.8 Å². The van der Waals surface area contributed by atoms with Gasteiger partial charge in [0, 0.05) is 12.7 Å². The number of rotatable bonds is 4. The average molecular weight is 199 g/mol. The second-order valence-corrected chi connectivity index (χ2v) is 2.49. The van der Waals surface area contributed by atoms with Gasteiger partial charge in [0.15, 0.2) is 6.79 Å². The summed E-state index contributed by atoms with van der Waals surface area (Å²) in [6.45, 7) is -0.0545. The van der Waals surface area contributed by atoms with Crippen LogP contribution in [0, 0.1) is 5.82 Å². The zero-order valence-electron chi connectivity index (χ0n) is 7.62. The van der Waals surface area contributed by atoms with Crippen molar-refractivity contribution in [2.24, 2.45) is 0 Å². The van der Waals surface area contributed by atoms with Gasteiger partial charge in [0.25, 0.3) is 5.91 Å². The Bertz CT molecular complexity index is 317. The quantitative estimate of drug-likeness (QED) is 0.448. The Morgan fingerprint density at radius 1 is 1.57 bits per heavy atom. The first-order valence-electron chi connectivity index (χ1n) is 3.90. The molecule has 0 bridgehead atoms. The molecule has 0 unspecified atom stereocenters. The third kappa shape index (κ3) is 3.12. The Morgan fingerprint density at radius 2 is 2.36 bits per heavy atom. The van der Waals surface area contributed by atoms with Crippen LogP contribution in [0.25, 0.3) is 0 Å². The number of hydrogen-bond donors (Lipinski definition) is 1. The zero-order valence-corrected chi connectivity index (χ0v) is 7.62. The molecule has 1 rings (SSSR count). The molecule has 1 aromatic carbocycles. The summed E-state index contributed by atoms with van der Waals surface area (Å²) in [5.74, 6) is -0.981. The molecule has 76 valence electrons. The third-order valence-electron chi connectivity index (χ3n) is 1.43. The van der Waals surface area contributed by atoms with E-state index < -0.39 is 11.7 Å². The van der Waals surface area contributed by atoms with Crippen molar-refractivity contribution in [2.75, 3.05) is 13.9 Å². The van der Waals surface area contributed by atoms with Gasteiger partial charge in [-0.25, -0.2) is 14.7 Å². The number of carbonyl (C=O) groups is 1. The van der Waals surface area contributed by atoms with Gasteiger partial charge in [-0.2, -0.15) is 0 Å². The van der Waals surface area contributed by atoms with Crippen molar-refractivity contribution in [3.8, 4) is 0 Å². The van der Waals surface area contributed by atoms with E-state index in [0.29, 0.717) is 0 Å². The maximum atomic E-state index is 12.7. The lowest BCUT2D eigenvalue weighted by atomic mass is 10.2. The summed E-state index contributed by atoms with van der Waals surface area (Å²) in [5.41, 5.74) is 2.29. The van der Waals surface area contributed by atoms with Crippen molar-refractivity contribution in [1.29, 1.82) is 0 Å². The van der Waals surface area contributed by atoms with Gasteiger partial charge >= 0.3 is 0 Å². The minimum atomic E-state index is -0.512. The topological polar surface area (TPSA) is 47.6 Å². The van der Waals surface area contributed by atoms with Crippen LogP contribution in [0.4, 0.5) is 4.39 Å². The van der Waals surface area contributed by atoms with Crippen LogP contribution in [0.5, 0.6) is 0 Å². The summed E-state index contributed by atoms with van der Waals surface area (Å²) in [6, 6.07) is 5.30. The van der Waals surface area contributed by atoms with Crippen molar-refractivity contribution in [3.05, 3.63) is 35.6 Å². The molecule has 0 radical (unpaired) electrons. The molecule has 1 amide bonds. The predicted octanol–water partition coefficient (Wildman–Crippen LogP) is 1.09. The first kappa shape index (κ1) is 10.6. The van der Waals surface area contributed by atoms with E-state index in [4.69, 9.17) is 0 Å². The molecule has 14 heavy (non-hydrogen) atoms. The highest BCUT2D eigenvalue weighted by atomic mass is 19.1. The van der Waals surface area contributed by atoms with E-state index in [1.807, 2.05) is 0 Å². The SMILES string of the molecule is COCONC(=O)c1cccc(F)c1. The van der Waals surface area contributed by atoms with Crippen LogP contribution < -0.4 is 5.48 Å². The van der Waals surface area contributed by atoms with Crippen LogP contribution in [0.15, 0.2) is 24.3 Å². The lowest BCUT2D eigenvalue weighted by Gasteiger charge is -2.04. The highest BCUT2D eigenvalue weighted by Crippen LogP contribution is 2.02. The molecule has 0 aromatic heterocycles. The average Bonchev–Trinajstić information content (AvgIpc) is 2.18. The molecule has 0 atom stereocenters. The van der Waals surface area contributed by atoms with Crippen molar-refractivity contribution in [1.82, 2.24) is 5.48 Å². The summed E-state index contributed by atoms with van der Waals surface area (Å²) in [4.78, 5) is 15.8. The van der Waals surface area contributed by atoms with Gasteiger partial charge in [0.1, 0.15) is 5.82 Å². The Morgan fingerprint density at radius 3 is 3.00 bits per heavy atom. The maximum Gasteiger partial charge on any atom is 0.275 e. The van der Waals surface area contributed by atoms with Crippen molar-refractivity contribution in [2.45, 2.75) is 0 Å². The number of nitrogens with one attached hydrogen (secondary N) is 1. The lowest BCUT2D eigenvalue weighted by Crippen LogP contribution is -2.24. The Balaban J connectivity index is 2.52. The Kier molecular flexibility index (Phi) is 4.03. The molecule has 0 aliphatic rings. The summed E-state index contributed by atoms with van der Waals surface area (Å²) >= 11 is 0. The maximum absolute atomic E-state index is 12.7. The van der Waals surface area contributed by atoms with Crippen LogP contribution in [0.1, 0.15) is 10.4 Å². The molecule has 0 aliphatic carbocycles. The summed E-state index contributed by atoms with van der Waals surface area (Å²) in [5, 5.41) is 0. The number of methoxy groups -OCH3 is 1. The minimum absolute atomic E-state index is 0.0545. The number of ether oxygens (including phenoxy) is 1. The van der Waals surface area contributed by atoms with Gasteiger partial charge in [-0.3, -0.25) is 4.79 Å². The number of benzene rings is 1. The minimum Gasteiger partial charge on any atom is -0.356 e.